The van der Waals surface area contributed by atoms with E-state index < -0.39 is 0 Å². The SMILES string of the molecule is COc1cc2c(cc1OC)CN(C(=O)CCc1ncc(-c3ccccc3)o1)CC2. The third kappa shape index (κ3) is 4.11. The molecule has 1 aromatic heterocycles. The van der Waals surface area contributed by atoms with Crippen LogP contribution in [0.2, 0.25) is 0 Å². The van der Waals surface area contributed by atoms with Crippen molar-refractivity contribution in [1.82, 2.24) is 9.88 Å². The lowest BCUT2D eigenvalue weighted by atomic mass is 9.98. The van der Waals surface area contributed by atoms with Gasteiger partial charge in [0.05, 0.1) is 20.4 Å². The molecule has 1 aliphatic heterocycles. The number of nitrogens with zero attached hydrogens (tertiary/aromatic N) is 2. The Labute approximate surface area is 170 Å². The van der Waals surface area contributed by atoms with E-state index >= 15 is 0 Å². The van der Waals surface area contributed by atoms with E-state index in [-0.39, 0.29) is 5.91 Å². The summed E-state index contributed by atoms with van der Waals surface area (Å²) < 4.78 is 16.6. The minimum atomic E-state index is 0.102. The highest BCUT2D eigenvalue weighted by atomic mass is 16.5. The third-order valence-electron chi connectivity index (χ3n) is 5.24. The largest absolute Gasteiger partial charge is 0.493 e. The van der Waals surface area contributed by atoms with E-state index in [9.17, 15) is 4.79 Å². The molecule has 1 amide bonds. The zero-order chi connectivity index (χ0) is 20.2. The molecule has 0 unspecified atom stereocenters. The van der Waals surface area contributed by atoms with E-state index in [1.54, 1.807) is 20.4 Å². The van der Waals surface area contributed by atoms with Gasteiger partial charge in [-0.25, -0.2) is 4.98 Å². The third-order valence-corrected chi connectivity index (χ3v) is 5.24. The lowest BCUT2D eigenvalue weighted by molar-refractivity contribution is -0.132. The summed E-state index contributed by atoms with van der Waals surface area (Å²) >= 11 is 0. The molecule has 4 rings (SSSR count). The van der Waals surface area contributed by atoms with E-state index in [0.717, 1.165) is 29.1 Å². The number of rotatable bonds is 6. The van der Waals surface area contributed by atoms with E-state index in [4.69, 9.17) is 13.9 Å². The zero-order valence-electron chi connectivity index (χ0n) is 16.7. The van der Waals surface area contributed by atoms with Crippen molar-refractivity contribution in [3.8, 4) is 22.8 Å². The number of benzene rings is 2. The Balaban J connectivity index is 1.38. The highest BCUT2D eigenvalue weighted by Crippen LogP contribution is 2.33. The molecule has 0 saturated heterocycles. The molecule has 0 aliphatic carbocycles. The molecule has 0 N–H and O–H groups in total. The highest BCUT2D eigenvalue weighted by molar-refractivity contribution is 5.76. The second-order valence-electron chi connectivity index (χ2n) is 7.03. The molecule has 6 heteroatoms. The maximum absolute atomic E-state index is 12.7. The van der Waals surface area contributed by atoms with Crippen LogP contribution >= 0.6 is 0 Å². The quantitative estimate of drug-likeness (QED) is 0.637. The predicted octanol–water partition coefficient (Wildman–Crippen LogP) is 3.88. The lowest BCUT2D eigenvalue weighted by Crippen LogP contribution is -2.36. The van der Waals surface area contributed by atoms with Gasteiger partial charge in [0.1, 0.15) is 0 Å². The van der Waals surface area contributed by atoms with Gasteiger partial charge in [-0.1, -0.05) is 30.3 Å². The molecule has 0 saturated carbocycles. The van der Waals surface area contributed by atoms with Crippen LogP contribution in [0.1, 0.15) is 23.4 Å². The number of methoxy groups -OCH3 is 2. The fraction of sp³-hybridized carbons (Fsp3) is 0.304. The molecule has 2 heterocycles. The first-order valence-corrected chi connectivity index (χ1v) is 9.69. The van der Waals surface area contributed by atoms with Crippen LogP contribution < -0.4 is 9.47 Å². The number of fused-ring (bicyclic) bond motifs is 1. The number of carbonyl (C=O) groups is 1. The summed E-state index contributed by atoms with van der Waals surface area (Å²) in [6.07, 6.45) is 3.38. The Kier molecular flexibility index (Phi) is 5.51. The average molecular weight is 392 g/mol. The molecule has 1 aliphatic rings. The van der Waals surface area contributed by atoms with Crippen molar-refractivity contribution in [2.45, 2.75) is 25.8 Å². The van der Waals surface area contributed by atoms with Gasteiger partial charge in [0.25, 0.3) is 0 Å². The summed E-state index contributed by atoms with van der Waals surface area (Å²) in [5, 5.41) is 0. The molecule has 0 radical (unpaired) electrons. The van der Waals surface area contributed by atoms with Crippen molar-refractivity contribution < 1.29 is 18.7 Å². The molecule has 3 aromatic rings. The fourth-order valence-corrected chi connectivity index (χ4v) is 3.63. The number of aryl methyl sites for hydroxylation is 1. The van der Waals surface area contributed by atoms with Crippen LogP contribution in [-0.4, -0.2) is 36.6 Å². The minimum Gasteiger partial charge on any atom is -0.493 e. The highest BCUT2D eigenvalue weighted by Gasteiger charge is 2.23. The van der Waals surface area contributed by atoms with Crippen LogP contribution in [0.3, 0.4) is 0 Å². The summed E-state index contributed by atoms with van der Waals surface area (Å²) in [5.41, 5.74) is 3.28. The Hall–Kier alpha value is -3.28. The van der Waals surface area contributed by atoms with Crippen LogP contribution in [0.25, 0.3) is 11.3 Å². The van der Waals surface area contributed by atoms with Crippen molar-refractivity contribution in [3.63, 3.8) is 0 Å². The molecule has 6 nitrogen and oxygen atoms in total. The molecule has 150 valence electrons. The van der Waals surface area contributed by atoms with Gasteiger partial charge in [0, 0.05) is 31.5 Å². The molecule has 29 heavy (non-hydrogen) atoms. The normalized spacial score (nSPS) is 13.1. The Morgan fingerprint density at radius 3 is 2.55 bits per heavy atom. The van der Waals surface area contributed by atoms with Crippen molar-refractivity contribution >= 4 is 5.91 Å². The lowest BCUT2D eigenvalue weighted by Gasteiger charge is -2.29. The first kappa shape index (κ1) is 19.1. The summed E-state index contributed by atoms with van der Waals surface area (Å²) in [6, 6.07) is 13.8. The Morgan fingerprint density at radius 1 is 1.10 bits per heavy atom. The van der Waals surface area contributed by atoms with Crippen molar-refractivity contribution in [3.05, 3.63) is 65.7 Å². The molecule has 2 aromatic carbocycles. The van der Waals surface area contributed by atoms with Crippen LogP contribution in [0.15, 0.2) is 53.1 Å². The second kappa shape index (κ2) is 8.39. The Morgan fingerprint density at radius 2 is 1.83 bits per heavy atom. The molecule has 0 atom stereocenters. The summed E-state index contributed by atoms with van der Waals surface area (Å²) in [4.78, 5) is 18.9. The number of hydrogen-bond acceptors (Lipinski definition) is 5. The van der Waals surface area contributed by atoms with Crippen molar-refractivity contribution in [1.29, 1.82) is 0 Å². The molecule has 0 bridgehead atoms. The van der Waals surface area contributed by atoms with Crippen molar-refractivity contribution in [2.75, 3.05) is 20.8 Å². The van der Waals surface area contributed by atoms with Gasteiger partial charge in [0.15, 0.2) is 23.1 Å². The van der Waals surface area contributed by atoms with Gasteiger partial charge in [-0.2, -0.15) is 0 Å². The predicted molar refractivity (Wildman–Crippen MR) is 109 cm³/mol. The van der Waals surface area contributed by atoms with Crippen molar-refractivity contribution in [2.24, 2.45) is 0 Å². The van der Waals surface area contributed by atoms with Crippen LogP contribution in [-0.2, 0) is 24.2 Å². The summed E-state index contributed by atoms with van der Waals surface area (Å²) in [6.45, 7) is 1.28. The molecular formula is C23H24N2O4. The van der Waals surface area contributed by atoms with E-state index in [2.05, 4.69) is 4.98 Å². The number of amides is 1. The maximum Gasteiger partial charge on any atom is 0.223 e. The maximum atomic E-state index is 12.7. The second-order valence-corrected chi connectivity index (χ2v) is 7.03. The Bertz CT molecular complexity index is 997. The number of ether oxygens (including phenoxy) is 2. The number of carbonyl (C=O) groups excluding carboxylic acids is 1. The zero-order valence-corrected chi connectivity index (χ0v) is 16.7. The summed E-state index contributed by atoms with van der Waals surface area (Å²) in [7, 11) is 3.25. The summed E-state index contributed by atoms with van der Waals surface area (Å²) in [5.74, 6) is 2.82. The monoisotopic (exact) mass is 392 g/mol. The minimum absolute atomic E-state index is 0.102. The first-order valence-electron chi connectivity index (χ1n) is 9.69. The van der Waals surface area contributed by atoms with Gasteiger partial charge in [-0.3, -0.25) is 4.79 Å². The molecule has 0 spiro atoms. The van der Waals surface area contributed by atoms with E-state index in [1.165, 1.54) is 5.56 Å². The number of hydrogen-bond donors (Lipinski definition) is 0. The smallest absolute Gasteiger partial charge is 0.223 e. The van der Waals surface area contributed by atoms with Gasteiger partial charge in [-0.05, 0) is 29.7 Å². The van der Waals surface area contributed by atoms with Crippen LogP contribution in [0.4, 0.5) is 0 Å². The average Bonchev–Trinajstić information content (AvgIpc) is 3.25. The first-order chi connectivity index (χ1) is 14.2. The van der Waals surface area contributed by atoms with Crippen LogP contribution in [0, 0.1) is 0 Å². The van der Waals surface area contributed by atoms with E-state index in [1.807, 2.05) is 47.4 Å². The number of oxazole rings is 1. The topological polar surface area (TPSA) is 64.8 Å². The van der Waals surface area contributed by atoms with Gasteiger partial charge in [0.2, 0.25) is 5.91 Å². The molecular weight excluding hydrogens is 368 g/mol. The van der Waals surface area contributed by atoms with Gasteiger partial charge < -0.3 is 18.8 Å². The fourth-order valence-electron chi connectivity index (χ4n) is 3.63. The number of aromatic nitrogens is 1. The van der Waals surface area contributed by atoms with Crippen LogP contribution in [0.5, 0.6) is 11.5 Å². The molecule has 0 fully saturated rings. The van der Waals surface area contributed by atoms with Gasteiger partial charge >= 0.3 is 0 Å². The van der Waals surface area contributed by atoms with Gasteiger partial charge in [-0.15, -0.1) is 0 Å². The standard InChI is InChI=1S/C23H24N2O4/c1-27-19-12-17-10-11-25(15-18(17)13-20(19)28-2)23(26)9-8-22-24-14-21(29-22)16-6-4-3-5-7-16/h3-7,12-14H,8-11,15H2,1-2H3. The van der Waals surface area contributed by atoms with E-state index in [0.29, 0.717) is 37.6 Å².